The molecule has 1 N–H and O–H groups in total. The van der Waals surface area contributed by atoms with Gasteiger partial charge in [-0.1, -0.05) is 13.0 Å². The van der Waals surface area contributed by atoms with E-state index in [1.165, 1.54) is 0 Å². The summed E-state index contributed by atoms with van der Waals surface area (Å²) in [6, 6.07) is 5.15. The van der Waals surface area contributed by atoms with Gasteiger partial charge in [0, 0.05) is 31.8 Å². The summed E-state index contributed by atoms with van der Waals surface area (Å²) in [6.07, 6.45) is 4.38. The average molecular weight is 247 g/mol. The van der Waals surface area contributed by atoms with E-state index in [1.807, 2.05) is 13.0 Å². The Hall–Kier alpha value is -1.88. The Morgan fingerprint density at radius 1 is 1.44 bits per heavy atom. The standard InChI is InChI=1S/C13H17N3O2/c1-2-11-9-15-12(18-11)10-14-6-8-16-7-4-3-5-13(16)17/h3-5,7,9,14H,2,6,8,10H2,1H3. The van der Waals surface area contributed by atoms with Crippen LogP contribution in [0.4, 0.5) is 0 Å². The van der Waals surface area contributed by atoms with Crippen LogP contribution in [0.25, 0.3) is 0 Å². The van der Waals surface area contributed by atoms with Gasteiger partial charge in [0.25, 0.3) is 5.56 Å². The molecule has 0 amide bonds. The molecule has 0 unspecified atom stereocenters. The first-order valence-electron chi connectivity index (χ1n) is 6.09. The van der Waals surface area contributed by atoms with Gasteiger partial charge < -0.3 is 14.3 Å². The van der Waals surface area contributed by atoms with Crippen LogP contribution >= 0.6 is 0 Å². The highest BCUT2D eigenvalue weighted by atomic mass is 16.4. The largest absolute Gasteiger partial charge is 0.444 e. The molecule has 5 nitrogen and oxygen atoms in total. The van der Waals surface area contributed by atoms with Crippen molar-refractivity contribution >= 4 is 0 Å². The molecule has 2 aromatic rings. The zero-order valence-electron chi connectivity index (χ0n) is 10.4. The van der Waals surface area contributed by atoms with E-state index in [0.717, 1.165) is 12.2 Å². The second kappa shape index (κ2) is 6.16. The maximum Gasteiger partial charge on any atom is 0.250 e. The topological polar surface area (TPSA) is 60.1 Å². The number of pyridine rings is 1. The summed E-state index contributed by atoms with van der Waals surface area (Å²) < 4.78 is 7.13. The van der Waals surface area contributed by atoms with E-state index in [2.05, 4.69) is 10.3 Å². The molecule has 0 atom stereocenters. The van der Waals surface area contributed by atoms with E-state index >= 15 is 0 Å². The molecular weight excluding hydrogens is 230 g/mol. The quantitative estimate of drug-likeness (QED) is 0.779. The lowest BCUT2D eigenvalue weighted by Crippen LogP contribution is -2.25. The van der Waals surface area contributed by atoms with Crippen LogP contribution in [-0.2, 0) is 19.5 Å². The van der Waals surface area contributed by atoms with Crippen LogP contribution < -0.4 is 10.9 Å². The summed E-state index contributed by atoms with van der Waals surface area (Å²) in [5, 5.41) is 3.20. The second-order valence-electron chi connectivity index (χ2n) is 3.98. The molecule has 18 heavy (non-hydrogen) atoms. The van der Waals surface area contributed by atoms with Crippen molar-refractivity contribution in [3.05, 3.63) is 52.6 Å². The lowest BCUT2D eigenvalue weighted by Gasteiger charge is -2.05. The molecule has 0 bridgehead atoms. The number of nitrogens with one attached hydrogen (secondary N) is 1. The lowest BCUT2D eigenvalue weighted by molar-refractivity contribution is 0.434. The van der Waals surface area contributed by atoms with E-state index in [0.29, 0.717) is 25.5 Å². The molecule has 0 saturated carbocycles. The average Bonchev–Trinajstić information content (AvgIpc) is 2.84. The Balaban J connectivity index is 1.76. The fraction of sp³-hybridized carbons (Fsp3) is 0.385. The van der Waals surface area contributed by atoms with Crippen molar-refractivity contribution in [3.63, 3.8) is 0 Å². The summed E-state index contributed by atoms with van der Waals surface area (Å²) in [5.41, 5.74) is 0.0173. The fourth-order valence-electron chi connectivity index (χ4n) is 1.63. The van der Waals surface area contributed by atoms with Gasteiger partial charge in [-0.3, -0.25) is 4.79 Å². The van der Waals surface area contributed by atoms with Gasteiger partial charge in [-0.2, -0.15) is 0 Å². The number of oxazole rings is 1. The van der Waals surface area contributed by atoms with E-state index in [1.54, 1.807) is 29.1 Å². The van der Waals surface area contributed by atoms with Gasteiger partial charge in [-0.25, -0.2) is 4.98 Å². The Labute approximate surface area is 105 Å². The molecule has 0 aliphatic carbocycles. The molecule has 0 spiro atoms. The maximum absolute atomic E-state index is 11.4. The summed E-state index contributed by atoms with van der Waals surface area (Å²) in [6.45, 7) is 3.95. The maximum atomic E-state index is 11.4. The van der Waals surface area contributed by atoms with Gasteiger partial charge in [-0.15, -0.1) is 0 Å². The third kappa shape index (κ3) is 3.30. The highest BCUT2D eigenvalue weighted by molar-refractivity contribution is 4.94. The molecule has 2 heterocycles. The van der Waals surface area contributed by atoms with E-state index in [-0.39, 0.29) is 5.56 Å². The lowest BCUT2D eigenvalue weighted by atomic mass is 10.4. The number of nitrogens with zero attached hydrogens (tertiary/aromatic N) is 2. The third-order valence-corrected chi connectivity index (χ3v) is 2.65. The van der Waals surface area contributed by atoms with Crippen LogP contribution in [0.1, 0.15) is 18.6 Å². The number of hydrogen-bond acceptors (Lipinski definition) is 4. The summed E-state index contributed by atoms with van der Waals surface area (Å²) in [5.74, 6) is 1.58. The molecule has 0 aliphatic heterocycles. The molecule has 0 saturated heterocycles. The third-order valence-electron chi connectivity index (χ3n) is 2.65. The SMILES string of the molecule is CCc1cnc(CNCCn2ccccc2=O)o1. The van der Waals surface area contributed by atoms with E-state index in [9.17, 15) is 4.79 Å². The van der Waals surface area contributed by atoms with Crippen LogP contribution in [0.3, 0.4) is 0 Å². The predicted molar refractivity (Wildman–Crippen MR) is 68.3 cm³/mol. The second-order valence-corrected chi connectivity index (χ2v) is 3.98. The molecule has 0 aliphatic rings. The van der Waals surface area contributed by atoms with Gasteiger partial charge in [0.05, 0.1) is 12.7 Å². The van der Waals surface area contributed by atoms with Crippen molar-refractivity contribution in [1.29, 1.82) is 0 Å². The van der Waals surface area contributed by atoms with E-state index < -0.39 is 0 Å². The Morgan fingerprint density at radius 2 is 2.33 bits per heavy atom. The summed E-state index contributed by atoms with van der Waals surface area (Å²) in [7, 11) is 0. The smallest absolute Gasteiger partial charge is 0.250 e. The first-order chi connectivity index (χ1) is 8.79. The fourth-order valence-corrected chi connectivity index (χ4v) is 1.63. The number of rotatable bonds is 6. The minimum absolute atomic E-state index is 0.0173. The van der Waals surface area contributed by atoms with E-state index in [4.69, 9.17) is 4.42 Å². The first kappa shape index (κ1) is 12.6. The van der Waals surface area contributed by atoms with Crippen LogP contribution in [0.15, 0.2) is 39.8 Å². The molecule has 0 aromatic carbocycles. The summed E-state index contributed by atoms with van der Waals surface area (Å²) >= 11 is 0. The Kier molecular flexibility index (Phi) is 4.30. The Bertz CT molecular complexity index is 545. The zero-order chi connectivity index (χ0) is 12.8. The highest BCUT2D eigenvalue weighted by Gasteiger charge is 2.01. The number of aromatic nitrogens is 2. The van der Waals surface area contributed by atoms with Crippen molar-refractivity contribution < 1.29 is 4.42 Å². The Morgan fingerprint density at radius 3 is 3.06 bits per heavy atom. The molecule has 2 aromatic heterocycles. The molecule has 5 heteroatoms. The van der Waals surface area contributed by atoms with Crippen molar-refractivity contribution in [2.45, 2.75) is 26.4 Å². The first-order valence-corrected chi connectivity index (χ1v) is 6.09. The van der Waals surface area contributed by atoms with Crippen LogP contribution in [-0.4, -0.2) is 16.1 Å². The van der Waals surface area contributed by atoms with Crippen molar-refractivity contribution in [3.8, 4) is 0 Å². The highest BCUT2D eigenvalue weighted by Crippen LogP contribution is 2.03. The van der Waals surface area contributed by atoms with Crippen LogP contribution in [0.2, 0.25) is 0 Å². The van der Waals surface area contributed by atoms with Gasteiger partial charge in [-0.05, 0) is 6.07 Å². The number of aryl methyl sites for hydroxylation is 1. The molecule has 2 rings (SSSR count). The molecular formula is C13H17N3O2. The number of hydrogen-bond donors (Lipinski definition) is 1. The van der Waals surface area contributed by atoms with Gasteiger partial charge in [0.2, 0.25) is 5.89 Å². The normalized spacial score (nSPS) is 10.7. The molecule has 0 fully saturated rings. The summed E-state index contributed by atoms with van der Waals surface area (Å²) in [4.78, 5) is 15.6. The predicted octanol–water partition coefficient (Wildman–Crippen LogP) is 1.19. The van der Waals surface area contributed by atoms with Crippen molar-refractivity contribution in [2.24, 2.45) is 0 Å². The van der Waals surface area contributed by atoms with Crippen LogP contribution in [0.5, 0.6) is 0 Å². The van der Waals surface area contributed by atoms with Crippen LogP contribution in [0, 0.1) is 0 Å². The minimum atomic E-state index is 0.0173. The molecule has 96 valence electrons. The molecule has 0 radical (unpaired) electrons. The van der Waals surface area contributed by atoms with Gasteiger partial charge in [0.1, 0.15) is 5.76 Å². The van der Waals surface area contributed by atoms with Gasteiger partial charge >= 0.3 is 0 Å². The van der Waals surface area contributed by atoms with Crippen molar-refractivity contribution in [1.82, 2.24) is 14.9 Å². The minimum Gasteiger partial charge on any atom is -0.444 e. The van der Waals surface area contributed by atoms with Gasteiger partial charge in [0.15, 0.2) is 0 Å². The zero-order valence-corrected chi connectivity index (χ0v) is 10.4. The van der Waals surface area contributed by atoms with Crippen molar-refractivity contribution in [2.75, 3.05) is 6.54 Å². The monoisotopic (exact) mass is 247 g/mol.